The van der Waals surface area contributed by atoms with Gasteiger partial charge in [0.25, 0.3) is 0 Å². The maximum Gasteiger partial charge on any atom is 0.336 e. The zero-order valence-electron chi connectivity index (χ0n) is 14.3. The van der Waals surface area contributed by atoms with Crippen molar-refractivity contribution < 1.29 is 25.1 Å². The Morgan fingerprint density at radius 1 is 0.957 bits per heavy atom. The zero-order valence-corrected chi connectivity index (χ0v) is 14.3. The Bertz CT molecular complexity index is 325. The lowest BCUT2D eigenvalue weighted by Crippen LogP contribution is -2.23. The molecule has 134 valence electrons. The summed E-state index contributed by atoms with van der Waals surface area (Å²) in [5.41, 5.74) is 0. The molecule has 0 aromatic heterocycles. The number of carbonyl (C=O) groups is 1. The number of carboxylic acids is 1. The van der Waals surface area contributed by atoms with E-state index in [1.54, 1.807) is 0 Å². The monoisotopic (exact) mass is 328 g/mol. The van der Waals surface area contributed by atoms with Gasteiger partial charge in [-0.15, -0.1) is 0 Å². The van der Waals surface area contributed by atoms with Crippen LogP contribution in [0.5, 0.6) is 0 Å². The summed E-state index contributed by atoms with van der Waals surface area (Å²) in [6.07, 6.45) is 19.1. The van der Waals surface area contributed by atoms with E-state index < -0.39 is 12.1 Å². The fourth-order valence-electron chi connectivity index (χ4n) is 2.25. The zero-order chi connectivity index (χ0) is 17.2. The Balaban J connectivity index is 3.40. The molecule has 0 saturated carbocycles. The number of aliphatic carboxylic acids is 1. The van der Waals surface area contributed by atoms with E-state index in [0.717, 1.165) is 38.5 Å². The SMILES string of the molecule is CCCCC/C=C/C=C/CCCCCCCC(OOO)C(=O)O. The molecule has 0 aliphatic heterocycles. The van der Waals surface area contributed by atoms with Crippen LogP contribution in [0.2, 0.25) is 0 Å². The smallest absolute Gasteiger partial charge is 0.336 e. The van der Waals surface area contributed by atoms with Crippen molar-refractivity contribution in [3.8, 4) is 0 Å². The van der Waals surface area contributed by atoms with Gasteiger partial charge in [0.05, 0.1) is 0 Å². The second-order valence-electron chi connectivity index (χ2n) is 5.69. The van der Waals surface area contributed by atoms with Crippen LogP contribution in [0.3, 0.4) is 0 Å². The van der Waals surface area contributed by atoms with Crippen LogP contribution in [0.25, 0.3) is 0 Å². The minimum Gasteiger partial charge on any atom is -0.479 e. The minimum absolute atomic E-state index is 0.346. The van der Waals surface area contributed by atoms with Crippen molar-refractivity contribution >= 4 is 5.97 Å². The summed E-state index contributed by atoms with van der Waals surface area (Å²) in [6, 6.07) is 0. The van der Waals surface area contributed by atoms with Gasteiger partial charge in [-0.2, -0.15) is 4.89 Å². The van der Waals surface area contributed by atoms with Crippen LogP contribution in [0, 0.1) is 0 Å². The van der Waals surface area contributed by atoms with Crippen LogP contribution in [0.1, 0.15) is 77.6 Å². The van der Waals surface area contributed by atoms with E-state index in [1.165, 1.54) is 25.7 Å². The summed E-state index contributed by atoms with van der Waals surface area (Å²) >= 11 is 0. The lowest BCUT2D eigenvalue weighted by Gasteiger charge is -2.08. The Kier molecular flexibility index (Phi) is 16.3. The third-order valence-corrected chi connectivity index (χ3v) is 3.63. The van der Waals surface area contributed by atoms with E-state index in [0.29, 0.717) is 6.42 Å². The van der Waals surface area contributed by atoms with Crippen molar-refractivity contribution in [3.63, 3.8) is 0 Å². The van der Waals surface area contributed by atoms with Gasteiger partial charge in [-0.3, -0.25) is 0 Å². The van der Waals surface area contributed by atoms with Crippen molar-refractivity contribution in [1.29, 1.82) is 0 Å². The van der Waals surface area contributed by atoms with E-state index >= 15 is 0 Å². The van der Waals surface area contributed by atoms with Gasteiger partial charge < -0.3 is 5.11 Å². The molecule has 0 bridgehead atoms. The first-order valence-electron chi connectivity index (χ1n) is 8.73. The Morgan fingerprint density at radius 3 is 2.09 bits per heavy atom. The molecule has 0 aliphatic carbocycles. The Labute approximate surface area is 139 Å². The van der Waals surface area contributed by atoms with Gasteiger partial charge in [-0.1, -0.05) is 74.8 Å². The maximum absolute atomic E-state index is 10.7. The molecule has 0 aromatic carbocycles. The molecule has 0 radical (unpaired) electrons. The molecule has 0 saturated heterocycles. The van der Waals surface area contributed by atoms with Crippen molar-refractivity contribution in [2.45, 2.75) is 83.7 Å². The largest absolute Gasteiger partial charge is 0.479 e. The fraction of sp³-hybridized carbons (Fsp3) is 0.722. The molecule has 0 heterocycles. The van der Waals surface area contributed by atoms with Crippen molar-refractivity contribution in [2.24, 2.45) is 0 Å². The van der Waals surface area contributed by atoms with Crippen molar-refractivity contribution in [3.05, 3.63) is 24.3 Å². The maximum atomic E-state index is 10.7. The summed E-state index contributed by atoms with van der Waals surface area (Å²) in [6.45, 7) is 2.21. The van der Waals surface area contributed by atoms with Crippen LogP contribution in [-0.4, -0.2) is 22.4 Å². The lowest BCUT2D eigenvalue weighted by molar-refractivity contribution is -0.502. The molecule has 1 atom stereocenters. The van der Waals surface area contributed by atoms with Gasteiger partial charge >= 0.3 is 5.97 Å². The number of carboxylic acid groups (broad SMARTS) is 1. The molecule has 0 aromatic rings. The highest BCUT2D eigenvalue weighted by Crippen LogP contribution is 2.11. The van der Waals surface area contributed by atoms with Gasteiger partial charge in [-0.05, 0) is 32.1 Å². The molecule has 0 amide bonds. The third-order valence-electron chi connectivity index (χ3n) is 3.63. The molecule has 5 heteroatoms. The molecule has 1 unspecified atom stereocenters. The molecule has 0 rings (SSSR count). The predicted molar refractivity (Wildman–Crippen MR) is 91.0 cm³/mol. The van der Waals surface area contributed by atoms with E-state index in [2.05, 4.69) is 41.2 Å². The summed E-state index contributed by atoms with van der Waals surface area (Å²) in [4.78, 5) is 15.0. The first kappa shape index (κ1) is 21.8. The summed E-state index contributed by atoms with van der Waals surface area (Å²) in [7, 11) is 0. The van der Waals surface area contributed by atoms with E-state index in [4.69, 9.17) is 10.4 Å². The molecular weight excluding hydrogens is 296 g/mol. The summed E-state index contributed by atoms with van der Waals surface area (Å²) < 4.78 is 0. The average molecular weight is 328 g/mol. The Hall–Kier alpha value is -1.17. The van der Waals surface area contributed by atoms with Gasteiger partial charge in [0.15, 0.2) is 6.10 Å². The second-order valence-corrected chi connectivity index (χ2v) is 5.69. The molecule has 0 spiro atoms. The number of hydrogen-bond donors (Lipinski definition) is 2. The van der Waals surface area contributed by atoms with Crippen LogP contribution >= 0.6 is 0 Å². The topological polar surface area (TPSA) is 76.0 Å². The minimum atomic E-state index is -1.12. The molecule has 5 nitrogen and oxygen atoms in total. The van der Waals surface area contributed by atoms with E-state index in [1.807, 2.05) is 0 Å². The van der Waals surface area contributed by atoms with E-state index in [-0.39, 0.29) is 0 Å². The lowest BCUT2D eigenvalue weighted by atomic mass is 10.1. The van der Waals surface area contributed by atoms with Crippen molar-refractivity contribution in [2.75, 3.05) is 0 Å². The predicted octanol–water partition coefficient (Wildman–Crippen LogP) is 5.28. The standard InChI is InChI=1S/C18H32O5/c1-2-3-4-5-6-7-8-9-10-11-12-13-14-15-16-17(18(19)20)22-23-21/h6-9,17,21H,2-5,10-16H2,1H3,(H,19,20)/b7-6+,9-8+. The molecular formula is C18H32O5. The molecule has 2 N–H and O–H groups in total. The van der Waals surface area contributed by atoms with E-state index in [9.17, 15) is 4.79 Å². The van der Waals surface area contributed by atoms with Crippen LogP contribution in [0.15, 0.2) is 24.3 Å². The highest BCUT2D eigenvalue weighted by atomic mass is 17.5. The first-order chi connectivity index (χ1) is 11.2. The fourth-order valence-corrected chi connectivity index (χ4v) is 2.25. The first-order valence-corrected chi connectivity index (χ1v) is 8.73. The van der Waals surface area contributed by atoms with Gasteiger partial charge in [0, 0.05) is 0 Å². The third kappa shape index (κ3) is 15.5. The summed E-state index contributed by atoms with van der Waals surface area (Å²) in [5.74, 6) is -1.12. The van der Waals surface area contributed by atoms with Crippen molar-refractivity contribution in [1.82, 2.24) is 0 Å². The number of hydrogen-bond acceptors (Lipinski definition) is 4. The highest BCUT2D eigenvalue weighted by Gasteiger charge is 2.18. The van der Waals surface area contributed by atoms with Gasteiger partial charge in [0.1, 0.15) is 0 Å². The summed E-state index contributed by atoms with van der Waals surface area (Å²) in [5, 5.41) is 20.3. The Morgan fingerprint density at radius 2 is 1.52 bits per heavy atom. The molecule has 0 fully saturated rings. The van der Waals surface area contributed by atoms with Crippen LogP contribution in [0.4, 0.5) is 0 Å². The second kappa shape index (κ2) is 17.2. The quantitative estimate of drug-likeness (QED) is 0.174. The number of unbranched alkanes of at least 4 members (excludes halogenated alkanes) is 8. The van der Waals surface area contributed by atoms with Gasteiger partial charge in [-0.25, -0.2) is 10.1 Å². The van der Waals surface area contributed by atoms with Crippen LogP contribution in [-0.2, 0) is 14.7 Å². The highest BCUT2D eigenvalue weighted by molar-refractivity contribution is 5.72. The number of allylic oxidation sites excluding steroid dienone is 4. The molecule has 23 heavy (non-hydrogen) atoms. The normalized spacial score (nSPS) is 13.1. The van der Waals surface area contributed by atoms with Crippen LogP contribution < -0.4 is 0 Å². The molecule has 0 aliphatic rings. The number of rotatable bonds is 16. The average Bonchev–Trinajstić information content (AvgIpc) is 2.54. The van der Waals surface area contributed by atoms with Gasteiger partial charge in [0.2, 0.25) is 0 Å².